The minimum absolute atomic E-state index is 0.0275. The summed E-state index contributed by atoms with van der Waals surface area (Å²) in [5.74, 6) is -0.291. The zero-order chi connectivity index (χ0) is 19.7. The Bertz CT molecular complexity index is 965. The van der Waals surface area contributed by atoms with Crippen LogP contribution in [0.2, 0.25) is 0 Å². The van der Waals surface area contributed by atoms with Gasteiger partial charge in [-0.15, -0.1) is 0 Å². The SMILES string of the molecule is CCOC(=O)N1CCN([C@H](c2ccc(F)cc2)c2sc3ncnn3c2O)CC1. The zero-order valence-electron chi connectivity index (χ0n) is 15.3. The Labute approximate surface area is 164 Å². The summed E-state index contributed by atoms with van der Waals surface area (Å²) in [4.78, 5) is 21.2. The average Bonchev–Trinajstić information content (AvgIpc) is 3.28. The summed E-state index contributed by atoms with van der Waals surface area (Å²) in [6, 6.07) is 5.95. The van der Waals surface area contributed by atoms with E-state index in [0.717, 1.165) is 5.56 Å². The van der Waals surface area contributed by atoms with Gasteiger partial charge in [0.2, 0.25) is 10.8 Å². The largest absolute Gasteiger partial charge is 0.492 e. The third kappa shape index (κ3) is 3.40. The van der Waals surface area contributed by atoms with Gasteiger partial charge < -0.3 is 14.7 Å². The van der Waals surface area contributed by atoms with Crippen LogP contribution in [0.1, 0.15) is 23.4 Å². The first-order chi connectivity index (χ1) is 13.6. The molecule has 0 unspecified atom stereocenters. The fourth-order valence-corrected chi connectivity index (χ4v) is 4.51. The molecule has 1 fully saturated rings. The van der Waals surface area contributed by atoms with Crippen LogP contribution < -0.4 is 0 Å². The highest BCUT2D eigenvalue weighted by Gasteiger charge is 2.32. The molecule has 3 aromatic rings. The normalized spacial score (nSPS) is 16.4. The van der Waals surface area contributed by atoms with Gasteiger partial charge in [0.25, 0.3) is 0 Å². The third-order valence-electron chi connectivity index (χ3n) is 4.78. The number of ether oxygens (including phenoxy) is 1. The van der Waals surface area contributed by atoms with E-state index in [9.17, 15) is 14.3 Å². The smallest absolute Gasteiger partial charge is 0.409 e. The molecule has 2 aromatic heterocycles. The number of aromatic hydroxyl groups is 1. The van der Waals surface area contributed by atoms with Gasteiger partial charge in [-0.05, 0) is 24.6 Å². The molecule has 4 rings (SSSR count). The van der Waals surface area contributed by atoms with Crippen LogP contribution in [0.15, 0.2) is 30.6 Å². The van der Waals surface area contributed by atoms with Crippen molar-refractivity contribution < 1.29 is 19.0 Å². The maximum atomic E-state index is 13.5. The van der Waals surface area contributed by atoms with E-state index in [1.807, 2.05) is 0 Å². The minimum atomic E-state index is -0.318. The lowest BCUT2D eigenvalue weighted by atomic mass is 10.0. The number of carbonyl (C=O) groups excluding carboxylic acids is 1. The second-order valence-electron chi connectivity index (χ2n) is 6.42. The molecular formula is C18H20FN5O3S. The zero-order valence-corrected chi connectivity index (χ0v) is 16.1. The predicted octanol–water partition coefficient (Wildman–Crippen LogP) is 2.50. The molecule has 0 aliphatic carbocycles. The lowest BCUT2D eigenvalue weighted by Gasteiger charge is -2.38. The number of hydrogen-bond acceptors (Lipinski definition) is 7. The summed E-state index contributed by atoms with van der Waals surface area (Å²) in [6.45, 7) is 4.33. The Morgan fingerprint density at radius 2 is 2.00 bits per heavy atom. The molecule has 3 heterocycles. The third-order valence-corrected chi connectivity index (χ3v) is 5.86. The topological polar surface area (TPSA) is 83.2 Å². The molecule has 0 spiro atoms. The van der Waals surface area contributed by atoms with E-state index in [-0.39, 0.29) is 23.8 Å². The summed E-state index contributed by atoms with van der Waals surface area (Å²) in [5.41, 5.74) is 0.853. The van der Waals surface area contributed by atoms with E-state index >= 15 is 0 Å². The van der Waals surface area contributed by atoms with Crippen LogP contribution in [0.25, 0.3) is 4.96 Å². The van der Waals surface area contributed by atoms with Crippen molar-refractivity contribution in [1.29, 1.82) is 0 Å². The van der Waals surface area contributed by atoms with Crippen molar-refractivity contribution in [1.82, 2.24) is 24.4 Å². The number of nitrogens with zero attached hydrogens (tertiary/aromatic N) is 5. The van der Waals surface area contributed by atoms with Gasteiger partial charge in [0.15, 0.2) is 0 Å². The molecule has 1 amide bonds. The number of benzene rings is 1. The van der Waals surface area contributed by atoms with Crippen molar-refractivity contribution in [2.24, 2.45) is 0 Å². The Balaban J connectivity index is 1.64. The molecule has 1 aliphatic heterocycles. The summed E-state index contributed by atoms with van der Waals surface area (Å²) in [7, 11) is 0. The van der Waals surface area contributed by atoms with E-state index in [1.54, 1.807) is 24.0 Å². The van der Waals surface area contributed by atoms with Crippen LogP contribution in [0.3, 0.4) is 0 Å². The molecule has 1 atom stereocenters. The van der Waals surface area contributed by atoms with Crippen molar-refractivity contribution in [2.45, 2.75) is 13.0 Å². The van der Waals surface area contributed by atoms with Crippen molar-refractivity contribution >= 4 is 22.4 Å². The number of hydrogen-bond donors (Lipinski definition) is 1. The number of piperazine rings is 1. The Morgan fingerprint density at radius 1 is 1.29 bits per heavy atom. The Hall–Kier alpha value is -2.72. The second-order valence-corrected chi connectivity index (χ2v) is 7.43. The first-order valence-electron chi connectivity index (χ1n) is 9.01. The summed E-state index contributed by atoms with van der Waals surface area (Å²) < 4.78 is 19.9. The van der Waals surface area contributed by atoms with Crippen LogP contribution in [0, 0.1) is 5.82 Å². The lowest BCUT2D eigenvalue weighted by molar-refractivity contribution is 0.0715. The van der Waals surface area contributed by atoms with Crippen LogP contribution in [0.4, 0.5) is 9.18 Å². The number of rotatable bonds is 4. The van der Waals surface area contributed by atoms with E-state index in [2.05, 4.69) is 15.0 Å². The number of fused-ring (bicyclic) bond motifs is 1. The van der Waals surface area contributed by atoms with Gasteiger partial charge in [-0.1, -0.05) is 23.5 Å². The van der Waals surface area contributed by atoms with Gasteiger partial charge in [-0.25, -0.2) is 14.2 Å². The number of halogens is 1. The molecule has 10 heteroatoms. The molecule has 1 aromatic carbocycles. The Morgan fingerprint density at radius 3 is 2.64 bits per heavy atom. The van der Waals surface area contributed by atoms with Gasteiger partial charge >= 0.3 is 6.09 Å². The van der Waals surface area contributed by atoms with E-state index in [4.69, 9.17) is 4.74 Å². The highest BCUT2D eigenvalue weighted by Crippen LogP contribution is 2.40. The average molecular weight is 405 g/mol. The quantitative estimate of drug-likeness (QED) is 0.718. The van der Waals surface area contributed by atoms with Crippen LogP contribution >= 0.6 is 11.3 Å². The van der Waals surface area contributed by atoms with Crippen molar-refractivity contribution in [2.75, 3.05) is 32.8 Å². The summed E-state index contributed by atoms with van der Waals surface area (Å²) in [6.07, 6.45) is 1.07. The molecule has 0 bridgehead atoms. The fraction of sp³-hybridized carbons (Fsp3) is 0.389. The Kier molecular flexibility index (Phi) is 5.14. The standard InChI is InChI=1S/C18H20FN5O3S/c1-2-27-18(26)23-9-7-22(8-10-23)14(12-3-5-13(19)6-4-12)15-16(25)24-17(28-15)20-11-21-24/h3-6,11,14,25H,2,7-10H2,1H3/t14-/m1/s1. The van der Waals surface area contributed by atoms with Gasteiger partial charge in [0.05, 0.1) is 17.5 Å². The fourth-order valence-electron chi connectivity index (χ4n) is 3.42. The molecule has 28 heavy (non-hydrogen) atoms. The van der Waals surface area contributed by atoms with E-state index < -0.39 is 0 Å². The maximum absolute atomic E-state index is 13.5. The van der Waals surface area contributed by atoms with Crippen LogP contribution in [0.5, 0.6) is 5.88 Å². The number of aromatic nitrogens is 3. The molecular weight excluding hydrogens is 385 g/mol. The summed E-state index contributed by atoms with van der Waals surface area (Å²) >= 11 is 1.35. The molecule has 0 radical (unpaired) electrons. The maximum Gasteiger partial charge on any atom is 0.409 e. The molecule has 0 saturated carbocycles. The van der Waals surface area contributed by atoms with E-state index in [1.165, 1.54) is 34.3 Å². The first-order valence-corrected chi connectivity index (χ1v) is 9.82. The van der Waals surface area contributed by atoms with Crippen LogP contribution in [-0.4, -0.2) is 68.4 Å². The highest BCUT2D eigenvalue weighted by molar-refractivity contribution is 7.17. The predicted molar refractivity (Wildman–Crippen MR) is 101 cm³/mol. The molecule has 1 saturated heterocycles. The number of thiazole rings is 1. The molecule has 148 valence electrons. The number of amides is 1. The highest BCUT2D eigenvalue weighted by atomic mass is 32.1. The van der Waals surface area contributed by atoms with Gasteiger partial charge in [-0.3, -0.25) is 4.90 Å². The first kappa shape index (κ1) is 18.6. The van der Waals surface area contributed by atoms with Crippen molar-refractivity contribution in [3.63, 3.8) is 0 Å². The van der Waals surface area contributed by atoms with E-state index in [0.29, 0.717) is 42.6 Å². The monoisotopic (exact) mass is 405 g/mol. The van der Waals surface area contributed by atoms with Gasteiger partial charge in [-0.2, -0.15) is 9.61 Å². The van der Waals surface area contributed by atoms with Gasteiger partial charge in [0.1, 0.15) is 12.1 Å². The lowest BCUT2D eigenvalue weighted by Crippen LogP contribution is -2.49. The molecule has 1 N–H and O–H groups in total. The van der Waals surface area contributed by atoms with Crippen LogP contribution in [-0.2, 0) is 4.74 Å². The van der Waals surface area contributed by atoms with Gasteiger partial charge in [0, 0.05) is 26.2 Å². The molecule has 8 nitrogen and oxygen atoms in total. The van der Waals surface area contributed by atoms with Crippen molar-refractivity contribution in [3.05, 3.63) is 46.9 Å². The van der Waals surface area contributed by atoms with Crippen molar-refractivity contribution in [3.8, 4) is 5.88 Å². The number of carbonyl (C=O) groups is 1. The minimum Gasteiger partial charge on any atom is -0.492 e. The summed E-state index contributed by atoms with van der Waals surface area (Å²) in [5, 5.41) is 14.7. The second kappa shape index (κ2) is 7.72. The molecule has 1 aliphatic rings.